The van der Waals surface area contributed by atoms with E-state index in [1.165, 1.54) is 12.1 Å². The highest BCUT2D eigenvalue weighted by atomic mass is 127. The third-order valence-electron chi connectivity index (χ3n) is 5.75. The number of benzene rings is 1. The molecular formula is C21H34IN5O3. The molecular weight excluding hydrogens is 497 g/mol. The van der Waals surface area contributed by atoms with Gasteiger partial charge in [-0.2, -0.15) is 0 Å². The fourth-order valence-electron chi connectivity index (χ4n) is 3.78. The third-order valence-corrected chi connectivity index (χ3v) is 5.75. The minimum absolute atomic E-state index is 0. The highest BCUT2D eigenvalue weighted by molar-refractivity contribution is 14.0. The number of likely N-dealkylation sites (tertiary alicyclic amines) is 1. The van der Waals surface area contributed by atoms with Gasteiger partial charge in [-0.1, -0.05) is 12.1 Å². The van der Waals surface area contributed by atoms with Gasteiger partial charge in [-0.15, -0.1) is 24.0 Å². The maximum Gasteiger partial charge on any atom is 0.269 e. The molecule has 2 heterocycles. The van der Waals surface area contributed by atoms with Gasteiger partial charge in [-0.05, 0) is 38.7 Å². The molecule has 9 heteroatoms. The fourth-order valence-corrected chi connectivity index (χ4v) is 3.78. The highest BCUT2D eigenvalue weighted by Crippen LogP contribution is 2.15. The Kier molecular flexibility index (Phi) is 10.3. The monoisotopic (exact) mass is 531 g/mol. The Hall–Kier alpha value is -1.46. The Morgan fingerprint density at radius 1 is 1.27 bits per heavy atom. The van der Waals surface area contributed by atoms with Gasteiger partial charge in [0.05, 0.1) is 18.1 Å². The van der Waals surface area contributed by atoms with E-state index in [0.29, 0.717) is 24.5 Å². The van der Waals surface area contributed by atoms with E-state index >= 15 is 0 Å². The summed E-state index contributed by atoms with van der Waals surface area (Å²) in [6, 6.07) is 7.60. The molecule has 1 aromatic rings. The summed E-state index contributed by atoms with van der Waals surface area (Å²) < 4.78 is 5.47. The number of hydrogen-bond acceptors (Lipinski definition) is 5. The number of guanidine groups is 1. The number of non-ortho nitro benzene ring substituents is 1. The molecule has 1 unspecified atom stereocenters. The van der Waals surface area contributed by atoms with Crippen molar-refractivity contribution in [2.24, 2.45) is 10.9 Å². The van der Waals surface area contributed by atoms with Crippen LogP contribution in [0.15, 0.2) is 29.3 Å². The number of rotatable bonds is 7. The molecule has 0 saturated carbocycles. The molecule has 3 rings (SSSR count). The van der Waals surface area contributed by atoms with Crippen LogP contribution in [0, 0.1) is 16.0 Å². The van der Waals surface area contributed by atoms with Crippen LogP contribution in [0.4, 0.5) is 5.69 Å². The van der Waals surface area contributed by atoms with E-state index in [2.05, 4.69) is 29.4 Å². The molecule has 1 aromatic carbocycles. The van der Waals surface area contributed by atoms with Gasteiger partial charge >= 0.3 is 0 Å². The molecule has 1 atom stereocenters. The Bertz CT molecular complexity index is 684. The predicted molar refractivity (Wildman–Crippen MR) is 129 cm³/mol. The lowest BCUT2D eigenvalue weighted by Gasteiger charge is -2.35. The van der Waals surface area contributed by atoms with E-state index in [1.54, 1.807) is 12.1 Å². The Balaban J connectivity index is 0.00000320. The third kappa shape index (κ3) is 7.66. The summed E-state index contributed by atoms with van der Waals surface area (Å²) in [6.07, 6.45) is 3.28. The molecule has 2 fully saturated rings. The highest BCUT2D eigenvalue weighted by Gasteiger charge is 2.22. The lowest BCUT2D eigenvalue weighted by atomic mass is 10.0. The smallest absolute Gasteiger partial charge is 0.269 e. The number of hydrogen-bond donors (Lipinski definition) is 2. The zero-order chi connectivity index (χ0) is 20.6. The van der Waals surface area contributed by atoms with Crippen LogP contribution < -0.4 is 10.6 Å². The molecule has 30 heavy (non-hydrogen) atoms. The van der Waals surface area contributed by atoms with Crippen molar-refractivity contribution in [2.75, 3.05) is 32.8 Å². The Labute approximate surface area is 196 Å². The SMILES string of the molecule is CC(C)N1CCC(NC(=NCc2ccc([N+](=O)[O-])cc2)NCC2CCOC2)CC1.I. The second kappa shape index (κ2) is 12.4. The first-order valence-corrected chi connectivity index (χ1v) is 10.6. The molecule has 8 nitrogen and oxygen atoms in total. The molecule has 2 N–H and O–H groups in total. The number of halogens is 1. The number of nitro benzene ring substituents is 1. The van der Waals surface area contributed by atoms with Crippen LogP contribution >= 0.6 is 24.0 Å². The van der Waals surface area contributed by atoms with Gasteiger partial charge in [0, 0.05) is 56.4 Å². The zero-order valence-electron chi connectivity index (χ0n) is 17.9. The summed E-state index contributed by atoms with van der Waals surface area (Å²) in [4.78, 5) is 17.7. The van der Waals surface area contributed by atoms with Crippen molar-refractivity contribution in [1.82, 2.24) is 15.5 Å². The van der Waals surface area contributed by atoms with Crippen molar-refractivity contribution < 1.29 is 9.66 Å². The quantitative estimate of drug-likeness (QED) is 0.185. The van der Waals surface area contributed by atoms with Crippen LogP contribution in [0.1, 0.15) is 38.7 Å². The molecule has 2 aliphatic rings. The second-order valence-corrected chi connectivity index (χ2v) is 8.25. The van der Waals surface area contributed by atoms with E-state index in [1.807, 2.05) is 0 Å². The second-order valence-electron chi connectivity index (χ2n) is 8.25. The lowest BCUT2D eigenvalue weighted by Crippen LogP contribution is -2.50. The summed E-state index contributed by atoms with van der Waals surface area (Å²) >= 11 is 0. The van der Waals surface area contributed by atoms with E-state index < -0.39 is 0 Å². The molecule has 2 saturated heterocycles. The topological polar surface area (TPSA) is 92.0 Å². The predicted octanol–water partition coefficient (Wildman–Crippen LogP) is 3.16. The van der Waals surface area contributed by atoms with Crippen molar-refractivity contribution >= 4 is 35.6 Å². The van der Waals surface area contributed by atoms with Gasteiger partial charge in [0.2, 0.25) is 0 Å². The standard InChI is InChI=1S/C21H33N5O3.HI/c1-16(2)25-10-7-19(8-11-25)24-21(23-14-18-9-12-29-15-18)22-13-17-3-5-20(6-4-17)26(27)28;/h3-6,16,18-19H,7-15H2,1-2H3,(H2,22,23,24);1H. The van der Waals surface area contributed by atoms with Gasteiger partial charge < -0.3 is 20.3 Å². The summed E-state index contributed by atoms with van der Waals surface area (Å²) in [7, 11) is 0. The lowest BCUT2D eigenvalue weighted by molar-refractivity contribution is -0.384. The molecule has 0 aliphatic carbocycles. The van der Waals surface area contributed by atoms with Crippen LogP contribution in [0.2, 0.25) is 0 Å². The fraction of sp³-hybridized carbons (Fsp3) is 0.667. The summed E-state index contributed by atoms with van der Waals surface area (Å²) in [5.41, 5.74) is 1.06. The van der Waals surface area contributed by atoms with Crippen LogP contribution in [0.5, 0.6) is 0 Å². The molecule has 0 amide bonds. The van der Waals surface area contributed by atoms with Gasteiger partial charge in [0.15, 0.2) is 5.96 Å². The first kappa shape index (κ1) is 24.8. The summed E-state index contributed by atoms with van der Waals surface area (Å²) in [5.74, 6) is 1.34. The van der Waals surface area contributed by atoms with E-state index in [4.69, 9.17) is 9.73 Å². The largest absolute Gasteiger partial charge is 0.381 e. The first-order valence-electron chi connectivity index (χ1n) is 10.6. The zero-order valence-corrected chi connectivity index (χ0v) is 20.2. The number of nitro groups is 1. The summed E-state index contributed by atoms with van der Waals surface area (Å²) in [5, 5.41) is 17.9. The van der Waals surface area contributed by atoms with Crippen LogP contribution in [0.25, 0.3) is 0 Å². The van der Waals surface area contributed by atoms with Crippen molar-refractivity contribution in [1.29, 1.82) is 0 Å². The van der Waals surface area contributed by atoms with Crippen molar-refractivity contribution in [3.8, 4) is 0 Å². The van der Waals surface area contributed by atoms with Gasteiger partial charge in [-0.25, -0.2) is 4.99 Å². The van der Waals surface area contributed by atoms with Gasteiger partial charge in [-0.3, -0.25) is 10.1 Å². The molecule has 0 bridgehead atoms. The summed E-state index contributed by atoms with van der Waals surface area (Å²) in [6.45, 7) is 9.66. The van der Waals surface area contributed by atoms with Crippen LogP contribution in [-0.2, 0) is 11.3 Å². The molecule has 0 spiro atoms. The molecule has 168 valence electrons. The first-order chi connectivity index (χ1) is 14.0. The average Bonchev–Trinajstić information content (AvgIpc) is 3.24. The number of piperidine rings is 1. The van der Waals surface area contributed by atoms with E-state index in [0.717, 1.165) is 63.6 Å². The number of ether oxygens (including phenoxy) is 1. The normalized spacial score (nSPS) is 20.8. The number of aliphatic imine (C=N–C) groups is 1. The maximum atomic E-state index is 10.8. The van der Waals surface area contributed by atoms with Gasteiger partial charge in [0.1, 0.15) is 0 Å². The minimum Gasteiger partial charge on any atom is -0.381 e. The van der Waals surface area contributed by atoms with E-state index in [9.17, 15) is 10.1 Å². The van der Waals surface area contributed by atoms with Crippen LogP contribution in [-0.4, -0.2) is 60.7 Å². The molecule has 0 radical (unpaired) electrons. The van der Waals surface area contributed by atoms with E-state index in [-0.39, 0.29) is 34.6 Å². The van der Waals surface area contributed by atoms with Crippen molar-refractivity contribution in [3.63, 3.8) is 0 Å². The minimum atomic E-state index is -0.380. The van der Waals surface area contributed by atoms with Crippen molar-refractivity contribution in [2.45, 2.75) is 51.7 Å². The van der Waals surface area contributed by atoms with Gasteiger partial charge in [0.25, 0.3) is 5.69 Å². The van der Waals surface area contributed by atoms with Crippen molar-refractivity contribution in [3.05, 3.63) is 39.9 Å². The molecule has 0 aromatic heterocycles. The molecule has 2 aliphatic heterocycles. The Morgan fingerprint density at radius 3 is 2.53 bits per heavy atom. The Morgan fingerprint density at radius 2 is 1.97 bits per heavy atom. The number of nitrogens with one attached hydrogen (secondary N) is 2. The van der Waals surface area contributed by atoms with Crippen LogP contribution in [0.3, 0.4) is 0 Å². The maximum absolute atomic E-state index is 10.8. The average molecular weight is 531 g/mol. The number of nitrogens with zero attached hydrogens (tertiary/aromatic N) is 3.